The molecule has 1 atom stereocenters. The highest BCUT2D eigenvalue weighted by molar-refractivity contribution is 7.92. The molecule has 0 aliphatic carbocycles. The smallest absolute Gasteiger partial charge is 0.264 e. The Morgan fingerprint density at radius 2 is 1.40 bits per heavy atom. The van der Waals surface area contributed by atoms with Crippen molar-refractivity contribution in [1.29, 1.82) is 0 Å². The Labute approximate surface area is 267 Å². The molecule has 0 aromatic heterocycles. The Kier molecular flexibility index (Phi) is 11.1. The third kappa shape index (κ3) is 8.30. The zero-order valence-corrected chi connectivity index (χ0v) is 26.4. The van der Waals surface area contributed by atoms with Gasteiger partial charge in [0.2, 0.25) is 11.8 Å². The molecule has 43 heavy (non-hydrogen) atoms. The number of amides is 2. The standard InChI is InChI=1S/C32H30Cl3N3O4S/c1-2-36-32(40)30(17-23-11-5-3-6-12-23)37(21-24-13-9-10-16-29(24)35)31(39)22-38(27-19-25(33)18-26(34)20-27)43(41,42)28-14-7-4-8-15-28/h3-16,18-20,30H,2,17,21-22H2,1H3,(H,36,40). The Morgan fingerprint density at radius 3 is 2.00 bits per heavy atom. The third-order valence-corrected chi connectivity index (χ3v) is 9.26. The van der Waals surface area contributed by atoms with Crippen molar-refractivity contribution in [2.45, 2.75) is 30.8 Å². The fourth-order valence-electron chi connectivity index (χ4n) is 4.59. The number of halogens is 3. The van der Waals surface area contributed by atoms with Crippen molar-refractivity contribution >= 4 is 62.3 Å². The van der Waals surface area contributed by atoms with Gasteiger partial charge in [-0.2, -0.15) is 0 Å². The van der Waals surface area contributed by atoms with Crippen LogP contribution >= 0.6 is 34.8 Å². The minimum absolute atomic E-state index is 0.0267. The topological polar surface area (TPSA) is 86.8 Å². The van der Waals surface area contributed by atoms with Crippen LogP contribution in [-0.4, -0.2) is 44.3 Å². The molecule has 1 N–H and O–H groups in total. The molecule has 0 aliphatic heterocycles. The number of nitrogens with one attached hydrogen (secondary N) is 1. The first-order valence-electron chi connectivity index (χ1n) is 13.5. The fourth-order valence-corrected chi connectivity index (χ4v) is 6.72. The Morgan fingerprint density at radius 1 is 0.814 bits per heavy atom. The first-order valence-corrected chi connectivity index (χ1v) is 16.1. The Bertz CT molecular complexity index is 1650. The summed E-state index contributed by atoms with van der Waals surface area (Å²) < 4.78 is 28.9. The zero-order chi connectivity index (χ0) is 31.0. The van der Waals surface area contributed by atoms with E-state index >= 15 is 0 Å². The molecule has 0 heterocycles. The second-order valence-corrected chi connectivity index (χ2v) is 12.8. The number of hydrogen-bond acceptors (Lipinski definition) is 4. The summed E-state index contributed by atoms with van der Waals surface area (Å²) in [5.74, 6) is -1.00. The molecule has 0 fully saturated rings. The summed E-state index contributed by atoms with van der Waals surface area (Å²) in [6, 6.07) is 27.4. The molecule has 0 saturated heterocycles. The highest BCUT2D eigenvalue weighted by Gasteiger charge is 2.35. The molecule has 4 aromatic carbocycles. The number of sulfonamides is 1. The van der Waals surface area contributed by atoms with E-state index in [4.69, 9.17) is 34.8 Å². The van der Waals surface area contributed by atoms with Gasteiger partial charge in [-0.1, -0.05) is 102 Å². The van der Waals surface area contributed by atoms with Crippen molar-refractivity contribution in [3.05, 3.63) is 129 Å². The average Bonchev–Trinajstić information content (AvgIpc) is 2.99. The summed E-state index contributed by atoms with van der Waals surface area (Å²) in [7, 11) is -4.27. The summed E-state index contributed by atoms with van der Waals surface area (Å²) >= 11 is 19.0. The number of hydrogen-bond donors (Lipinski definition) is 1. The van der Waals surface area contributed by atoms with Gasteiger partial charge in [-0.25, -0.2) is 8.42 Å². The van der Waals surface area contributed by atoms with Crippen LogP contribution in [0.3, 0.4) is 0 Å². The first kappa shape index (κ1) is 32.4. The van der Waals surface area contributed by atoms with E-state index in [1.807, 2.05) is 30.3 Å². The van der Waals surface area contributed by atoms with E-state index in [2.05, 4.69) is 5.32 Å². The number of rotatable bonds is 12. The van der Waals surface area contributed by atoms with Gasteiger partial charge in [0, 0.05) is 34.6 Å². The molecular formula is C32H30Cl3N3O4S. The van der Waals surface area contributed by atoms with Gasteiger partial charge in [0.1, 0.15) is 12.6 Å². The fraction of sp³-hybridized carbons (Fsp3) is 0.188. The highest BCUT2D eigenvalue weighted by atomic mass is 35.5. The van der Waals surface area contributed by atoms with Crippen molar-refractivity contribution in [3.63, 3.8) is 0 Å². The van der Waals surface area contributed by atoms with E-state index in [-0.39, 0.29) is 39.5 Å². The normalized spacial score (nSPS) is 11.9. The van der Waals surface area contributed by atoms with Crippen LogP contribution in [0.25, 0.3) is 0 Å². The maximum absolute atomic E-state index is 14.4. The third-order valence-electron chi connectivity index (χ3n) is 6.67. The lowest BCUT2D eigenvalue weighted by molar-refractivity contribution is -0.140. The summed E-state index contributed by atoms with van der Waals surface area (Å²) in [6.07, 6.45) is 0.192. The quantitative estimate of drug-likeness (QED) is 0.185. The van der Waals surface area contributed by atoms with Crippen LogP contribution in [-0.2, 0) is 32.6 Å². The maximum Gasteiger partial charge on any atom is 0.264 e. The Balaban J connectivity index is 1.82. The molecule has 4 aromatic rings. The number of carbonyl (C=O) groups is 2. The van der Waals surface area contributed by atoms with Gasteiger partial charge in [0.05, 0.1) is 10.6 Å². The number of carbonyl (C=O) groups excluding carboxylic acids is 2. The largest absolute Gasteiger partial charge is 0.355 e. The molecule has 11 heteroatoms. The number of likely N-dealkylation sites (N-methyl/N-ethyl adjacent to an activating group) is 1. The first-order chi connectivity index (χ1) is 20.6. The second kappa shape index (κ2) is 14.8. The summed E-state index contributed by atoms with van der Waals surface area (Å²) in [5.41, 5.74) is 1.53. The molecule has 0 aliphatic rings. The van der Waals surface area contributed by atoms with E-state index in [0.717, 1.165) is 9.87 Å². The van der Waals surface area contributed by atoms with E-state index in [1.54, 1.807) is 49.4 Å². The summed E-state index contributed by atoms with van der Waals surface area (Å²) in [5, 5.41) is 3.62. The molecule has 7 nitrogen and oxygen atoms in total. The van der Waals surface area contributed by atoms with Gasteiger partial charge in [0.25, 0.3) is 10.0 Å². The molecule has 0 radical (unpaired) electrons. The van der Waals surface area contributed by atoms with Gasteiger partial charge in [-0.3, -0.25) is 13.9 Å². The predicted octanol–water partition coefficient (Wildman–Crippen LogP) is 6.62. The lowest BCUT2D eigenvalue weighted by Gasteiger charge is -2.34. The lowest BCUT2D eigenvalue weighted by atomic mass is 10.0. The van der Waals surface area contributed by atoms with Gasteiger partial charge < -0.3 is 10.2 Å². The number of benzene rings is 4. The SMILES string of the molecule is CCNC(=O)C(Cc1ccccc1)N(Cc1ccccc1Cl)C(=O)CN(c1cc(Cl)cc(Cl)c1)S(=O)(=O)c1ccccc1. The van der Waals surface area contributed by atoms with Crippen molar-refractivity contribution in [2.24, 2.45) is 0 Å². The molecule has 0 spiro atoms. The van der Waals surface area contributed by atoms with Gasteiger partial charge in [-0.15, -0.1) is 0 Å². The van der Waals surface area contributed by atoms with Crippen LogP contribution in [0.1, 0.15) is 18.1 Å². The van der Waals surface area contributed by atoms with E-state index in [0.29, 0.717) is 17.1 Å². The zero-order valence-electron chi connectivity index (χ0n) is 23.3. The lowest BCUT2D eigenvalue weighted by Crippen LogP contribution is -2.53. The predicted molar refractivity (Wildman–Crippen MR) is 172 cm³/mol. The minimum atomic E-state index is -4.27. The van der Waals surface area contributed by atoms with Crippen LogP contribution in [0, 0.1) is 0 Å². The van der Waals surface area contributed by atoms with Gasteiger partial charge in [-0.05, 0) is 54.4 Å². The highest BCUT2D eigenvalue weighted by Crippen LogP contribution is 2.30. The van der Waals surface area contributed by atoms with Crippen LogP contribution in [0.5, 0.6) is 0 Å². The van der Waals surface area contributed by atoms with Crippen molar-refractivity contribution < 1.29 is 18.0 Å². The van der Waals surface area contributed by atoms with Crippen LogP contribution in [0.15, 0.2) is 108 Å². The molecule has 224 valence electrons. The molecular weight excluding hydrogens is 629 g/mol. The van der Waals surface area contributed by atoms with E-state index in [9.17, 15) is 18.0 Å². The van der Waals surface area contributed by atoms with E-state index < -0.39 is 28.5 Å². The monoisotopic (exact) mass is 657 g/mol. The molecule has 1 unspecified atom stereocenters. The van der Waals surface area contributed by atoms with Gasteiger partial charge in [0.15, 0.2) is 0 Å². The van der Waals surface area contributed by atoms with Crippen molar-refractivity contribution in [1.82, 2.24) is 10.2 Å². The number of nitrogens with zero attached hydrogens (tertiary/aromatic N) is 2. The van der Waals surface area contributed by atoms with Crippen LogP contribution in [0.4, 0.5) is 5.69 Å². The number of anilines is 1. The molecule has 2 amide bonds. The minimum Gasteiger partial charge on any atom is -0.355 e. The van der Waals surface area contributed by atoms with Crippen molar-refractivity contribution in [3.8, 4) is 0 Å². The summed E-state index contributed by atoms with van der Waals surface area (Å²) in [4.78, 5) is 29.2. The van der Waals surface area contributed by atoms with Gasteiger partial charge >= 0.3 is 0 Å². The van der Waals surface area contributed by atoms with E-state index in [1.165, 1.54) is 35.2 Å². The average molecular weight is 659 g/mol. The molecule has 4 rings (SSSR count). The Hall–Kier alpha value is -3.56. The molecule has 0 saturated carbocycles. The second-order valence-electron chi connectivity index (χ2n) is 9.67. The summed E-state index contributed by atoms with van der Waals surface area (Å²) in [6.45, 7) is 1.45. The molecule has 0 bridgehead atoms. The van der Waals surface area contributed by atoms with Crippen LogP contribution < -0.4 is 9.62 Å². The maximum atomic E-state index is 14.4. The van der Waals surface area contributed by atoms with Crippen LogP contribution in [0.2, 0.25) is 15.1 Å². The van der Waals surface area contributed by atoms with Crippen molar-refractivity contribution in [2.75, 3.05) is 17.4 Å².